The summed E-state index contributed by atoms with van der Waals surface area (Å²) in [5.41, 5.74) is 6.19. The van der Waals surface area contributed by atoms with E-state index in [0.717, 1.165) is 62.8 Å². The maximum absolute atomic E-state index is 14.1. The third-order valence-corrected chi connectivity index (χ3v) is 11.3. The molecule has 3 fully saturated rings. The van der Waals surface area contributed by atoms with Crippen LogP contribution in [-0.2, 0) is 28.6 Å². The number of carbonyl (C=O) groups excluding carboxylic acids is 3. The van der Waals surface area contributed by atoms with Gasteiger partial charge in [-0.05, 0) is 88.0 Å². The average Bonchev–Trinajstić information content (AvgIpc) is 3.27. The standard InChI is InChI=1S/C36H47ClF3N7O3/c1-43-11-7-27(8-12-43)44-16-18-46(19-17-44)34(49)26(20-24-21-29(36(38,39)40)33(41)30(37)22-24)23-32(48)45-13-9-28(10-14-45)47-15-6-25-4-2-3-5-31(25)42-35(47)50/h2-5,21-22,26-28H,6-20,23,41H2,1H3,(H,42,50)/t26-/m0/s1. The summed E-state index contributed by atoms with van der Waals surface area (Å²) < 4.78 is 41.5. The molecule has 0 saturated carbocycles. The minimum Gasteiger partial charge on any atom is -0.397 e. The lowest BCUT2D eigenvalue weighted by atomic mass is 9.91. The number of fused-ring (bicyclic) bond motifs is 1. The Balaban J connectivity index is 1.12. The lowest BCUT2D eigenvalue weighted by molar-refractivity contribution is -0.143. The lowest BCUT2D eigenvalue weighted by Gasteiger charge is -2.43. The Morgan fingerprint density at radius 3 is 2.26 bits per heavy atom. The molecule has 4 aliphatic heterocycles. The first-order valence-electron chi connectivity index (χ1n) is 17.7. The van der Waals surface area contributed by atoms with Crippen LogP contribution in [0.2, 0.25) is 5.02 Å². The van der Waals surface area contributed by atoms with E-state index >= 15 is 0 Å². The second-order valence-corrected chi connectivity index (χ2v) is 14.6. The molecular formula is C36H47ClF3N7O3. The second-order valence-electron chi connectivity index (χ2n) is 14.2. The van der Waals surface area contributed by atoms with E-state index in [0.29, 0.717) is 51.6 Å². The Kier molecular flexibility index (Phi) is 11.1. The van der Waals surface area contributed by atoms with Gasteiger partial charge in [0.25, 0.3) is 0 Å². The third-order valence-electron chi connectivity index (χ3n) is 11.0. The van der Waals surface area contributed by atoms with Crippen LogP contribution in [0.25, 0.3) is 0 Å². The zero-order valence-electron chi connectivity index (χ0n) is 28.6. The lowest BCUT2D eigenvalue weighted by Crippen LogP contribution is -2.55. The van der Waals surface area contributed by atoms with E-state index in [1.54, 1.807) is 9.80 Å². The molecule has 3 saturated heterocycles. The maximum Gasteiger partial charge on any atom is 0.418 e. The van der Waals surface area contributed by atoms with Crippen LogP contribution in [0.3, 0.4) is 0 Å². The molecule has 4 aliphatic rings. The van der Waals surface area contributed by atoms with Gasteiger partial charge in [-0.3, -0.25) is 14.5 Å². The van der Waals surface area contributed by atoms with Crippen molar-refractivity contribution in [1.29, 1.82) is 0 Å². The molecule has 4 heterocycles. The number of urea groups is 1. The minimum atomic E-state index is -4.72. The quantitative estimate of drug-likeness (QED) is 0.399. The van der Waals surface area contributed by atoms with Gasteiger partial charge in [-0.2, -0.15) is 13.2 Å². The van der Waals surface area contributed by atoms with Crippen LogP contribution in [0, 0.1) is 5.92 Å². The van der Waals surface area contributed by atoms with Gasteiger partial charge in [0.15, 0.2) is 0 Å². The number of likely N-dealkylation sites (tertiary alicyclic amines) is 2. The summed E-state index contributed by atoms with van der Waals surface area (Å²) in [5.74, 6) is -1.33. The van der Waals surface area contributed by atoms with Gasteiger partial charge in [-0.1, -0.05) is 29.8 Å². The topological polar surface area (TPSA) is 105 Å². The highest BCUT2D eigenvalue weighted by Gasteiger charge is 2.37. The molecular weight excluding hydrogens is 671 g/mol. The molecule has 0 aliphatic carbocycles. The van der Waals surface area contributed by atoms with Crippen LogP contribution in [0.15, 0.2) is 36.4 Å². The van der Waals surface area contributed by atoms with Crippen molar-refractivity contribution in [3.8, 4) is 0 Å². The summed E-state index contributed by atoms with van der Waals surface area (Å²) in [5, 5.41) is 2.78. The summed E-state index contributed by atoms with van der Waals surface area (Å²) >= 11 is 6.15. The Hall–Kier alpha value is -3.55. The normalized spacial score (nSPS) is 21.1. The number of carbonyl (C=O) groups is 3. The van der Waals surface area contributed by atoms with E-state index in [2.05, 4.69) is 22.2 Å². The Labute approximate surface area is 296 Å². The van der Waals surface area contributed by atoms with E-state index in [9.17, 15) is 27.6 Å². The summed E-state index contributed by atoms with van der Waals surface area (Å²) in [6.45, 7) is 5.92. The molecule has 3 N–H and O–H groups in total. The first kappa shape index (κ1) is 36.2. The summed E-state index contributed by atoms with van der Waals surface area (Å²) in [7, 11) is 2.12. The number of piperidine rings is 2. The van der Waals surface area contributed by atoms with Crippen molar-refractivity contribution in [2.45, 2.75) is 63.2 Å². The van der Waals surface area contributed by atoms with Crippen molar-refractivity contribution >= 4 is 40.8 Å². The fourth-order valence-electron chi connectivity index (χ4n) is 7.99. The number of nitrogen functional groups attached to an aromatic ring is 1. The van der Waals surface area contributed by atoms with Crippen LogP contribution < -0.4 is 11.1 Å². The van der Waals surface area contributed by atoms with Gasteiger partial charge < -0.3 is 30.7 Å². The van der Waals surface area contributed by atoms with Gasteiger partial charge in [0.1, 0.15) is 0 Å². The highest BCUT2D eigenvalue weighted by molar-refractivity contribution is 6.33. The van der Waals surface area contributed by atoms with Crippen molar-refractivity contribution in [2.75, 3.05) is 77.0 Å². The summed E-state index contributed by atoms with van der Waals surface area (Å²) in [4.78, 5) is 51.1. The molecule has 10 nitrogen and oxygen atoms in total. The van der Waals surface area contributed by atoms with E-state index in [4.69, 9.17) is 17.3 Å². The number of hydrogen-bond donors (Lipinski definition) is 2. The molecule has 2 aromatic carbocycles. The predicted octanol–water partition coefficient (Wildman–Crippen LogP) is 4.81. The largest absolute Gasteiger partial charge is 0.418 e. The zero-order chi connectivity index (χ0) is 35.6. The van der Waals surface area contributed by atoms with Crippen molar-refractivity contribution in [3.05, 3.63) is 58.1 Å². The van der Waals surface area contributed by atoms with E-state index in [-0.39, 0.29) is 47.3 Å². The third kappa shape index (κ3) is 8.32. The number of anilines is 2. The van der Waals surface area contributed by atoms with Gasteiger partial charge in [-0.25, -0.2) is 4.79 Å². The minimum absolute atomic E-state index is 0.0376. The monoisotopic (exact) mass is 717 g/mol. The molecule has 50 heavy (non-hydrogen) atoms. The smallest absolute Gasteiger partial charge is 0.397 e. The van der Waals surface area contributed by atoms with Crippen molar-refractivity contribution in [1.82, 2.24) is 24.5 Å². The molecule has 0 bridgehead atoms. The van der Waals surface area contributed by atoms with Gasteiger partial charge in [0.05, 0.1) is 22.2 Å². The van der Waals surface area contributed by atoms with Crippen LogP contribution in [-0.4, -0.2) is 120 Å². The molecule has 6 rings (SSSR count). The molecule has 1 atom stereocenters. The summed E-state index contributed by atoms with van der Waals surface area (Å²) in [6, 6.07) is 10.3. The van der Waals surface area contributed by atoms with Crippen LogP contribution >= 0.6 is 11.6 Å². The molecule has 14 heteroatoms. The Bertz CT molecular complexity index is 1550. The van der Waals surface area contributed by atoms with Gasteiger partial charge in [0, 0.05) is 70.0 Å². The fraction of sp³-hybridized carbons (Fsp3) is 0.583. The molecule has 2 aromatic rings. The van der Waals surface area contributed by atoms with Crippen LogP contribution in [0.4, 0.5) is 29.3 Å². The fourth-order valence-corrected chi connectivity index (χ4v) is 8.23. The average molecular weight is 718 g/mol. The van der Waals surface area contributed by atoms with Crippen LogP contribution in [0.5, 0.6) is 0 Å². The van der Waals surface area contributed by atoms with Crippen molar-refractivity contribution < 1.29 is 27.6 Å². The number of nitrogens with zero attached hydrogens (tertiary/aromatic N) is 5. The number of rotatable bonds is 7. The maximum atomic E-state index is 14.1. The predicted molar refractivity (Wildman–Crippen MR) is 187 cm³/mol. The van der Waals surface area contributed by atoms with Gasteiger partial charge in [0.2, 0.25) is 11.8 Å². The molecule has 0 aromatic heterocycles. The van der Waals surface area contributed by atoms with E-state index in [1.165, 1.54) is 6.07 Å². The zero-order valence-corrected chi connectivity index (χ0v) is 29.3. The highest BCUT2D eigenvalue weighted by atomic mass is 35.5. The highest BCUT2D eigenvalue weighted by Crippen LogP contribution is 2.38. The summed E-state index contributed by atoms with van der Waals surface area (Å²) in [6.07, 6.45) is -0.863. The number of benzene rings is 2. The first-order chi connectivity index (χ1) is 23.9. The van der Waals surface area contributed by atoms with Crippen LogP contribution in [0.1, 0.15) is 48.8 Å². The number of piperazine rings is 1. The number of nitrogens with one attached hydrogen (secondary N) is 1. The number of para-hydroxylation sites is 1. The molecule has 0 unspecified atom stereocenters. The van der Waals surface area contributed by atoms with Crippen molar-refractivity contribution in [3.63, 3.8) is 0 Å². The molecule has 0 radical (unpaired) electrons. The SMILES string of the molecule is CN1CCC(N2CCN(C(=O)[C@H](CC(=O)N3CCC(N4CCc5ccccc5NC4=O)CC3)Cc3cc(Cl)c(N)c(C(F)(F)F)c3)CC2)CC1. The van der Waals surface area contributed by atoms with E-state index < -0.39 is 23.3 Å². The number of hydrogen-bond acceptors (Lipinski definition) is 6. The Morgan fingerprint density at radius 1 is 0.920 bits per heavy atom. The number of alkyl halides is 3. The van der Waals surface area contributed by atoms with E-state index in [1.807, 2.05) is 29.2 Å². The molecule has 0 spiro atoms. The number of halogens is 4. The molecule has 272 valence electrons. The number of nitrogens with two attached hydrogens (primary N) is 1. The molecule has 4 amide bonds. The Morgan fingerprint density at radius 2 is 1.58 bits per heavy atom. The first-order valence-corrected chi connectivity index (χ1v) is 18.0. The second kappa shape index (κ2) is 15.4. The van der Waals surface area contributed by atoms with Crippen molar-refractivity contribution in [2.24, 2.45) is 5.92 Å². The van der Waals surface area contributed by atoms with Gasteiger partial charge in [-0.15, -0.1) is 0 Å². The number of amides is 4. The van der Waals surface area contributed by atoms with Gasteiger partial charge >= 0.3 is 12.2 Å².